The van der Waals surface area contributed by atoms with Gasteiger partial charge in [0.1, 0.15) is 5.56 Å². The first-order valence-electron chi connectivity index (χ1n) is 9.29. The first kappa shape index (κ1) is 20.8. The first-order chi connectivity index (χ1) is 13.6. The number of hydrogen-bond donors (Lipinski definition) is 1. The van der Waals surface area contributed by atoms with Gasteiger partial charge in [-0.25, -0.2) is 0 Å². The smallest absolute Gasteiger partial charge is 0.338 e. The standard InChI is InChI=1S/C21H21F3N2O3/c1-12-10-13(2)25-19(28)17(12)20(29)26-9-3-4-15(11-26)18(27)14-5-7-16(8-6-14)21(22,23)24/h5-8,10,15H,3-4,9,11H2,1-2H3,(H,25,28)/t15-/m1/s1. The van der Waals surface area contributed by atoms with Crippen LogP contribution in [0.5, 0.6) is 0 Å². The van der Waals surface area contributed by atoms with Gasteiger partial charge in [-0.2, -0.15) is 13.2 Å². The molecule has 8 heteroatoms. The van der Waals surface area contributed by atoms with Gasteiger partial charge in [-0.1, -0.05) is 12.1 Å². The van der Waals surface area contributed by atoms with Crippen LogP contribution in [-0.4, -0.2) is 34.7 Å². The van der Waals surface area contributed by atoms with E-state index in [9.17, 15) is 27.6 Å². The number of carbonyl (C=O) groups is 2. The van der Waals surface area contributed by atoms with Crippen LogP contribution < -0.4 is 5.56 Å². The predicted molar refractivity (Wildman–Crippen MR) is 101 cm³/mol. The minimum atomic E-state index is -4.46. The zero-order valence-corrected chi connectivity index (χ0v) is 16.1. The molecule has 1 aliphatic heterocycles. The molecule has 0 unspecified atom stereocenters. The maximum atomic E-state index is 12.9. The molecule has 0 bridgehead atoms. The number of carbonyl (C=O) groups excluding carboxylic acids is 2. The van der Waals surface area contributed by atoms with E-state index in [4.69, 9.17) is 0 Å². The molecule has 3 rings (SSSR count). The molecular weight excluding hydrogens is 385 g/mol. The molecule has 1 aromatic carbocycles. The highest BCUT2D eigenvalue weighted by molar-refractivity contribution is 5.99. The number of amides is 1. The number of aryl methyl sites for hydroxylation is 2. The fourth-order valence-electron chi connectivity index (χ4n) is 3.71. The Kier molecular flexibility index (Phi) is 5.64. The van der Waals surface area contributed by atoms with Crippen LogP contribution in [-0.2, 0) is 6.18 Å². The summed E-state index contributed by atoms with van der Waals surface area (Å²) in [5.41, 5.74) is 0.164. The van der Waals surface area contributed by atoms with Gasteiger partial charge in [0.15, 0.2) is 5.78 Å². The highest BCUT2D eigenvalue weighted by Gasteiger charge is 2.33. The molecule has 1 aromatic heterocycles. The van der Waals surface area contributed by atoms with Gasteiger partial charge >= 0.3 is 6.18 Å². The Labute approximate surface area is 165 Å². The fraction of sp³-hybridized carbons (Fsp3) is 0.381. The molecule has 154 valence electrons. The Morgan fingerprint density at radius 2 is 1.79 bits per heavy atom. The highest BCUT2D eigenvalue weighted by atomic mass is 19.4. The second kappa shape index (κ2) is 7.85. The summed E-state index contributed by atoms with van der Waals surface area (Å²) in [6.45, 7) is 3.96. The maximum absolute atomic E-state index is 12.9. The summed E-state index contributed by atoms with van der Waals surface area (Å²) in [5.74, 6) is -1.26. The van der Waals surface area contributed by atoms with Crippen LogP contribution in [0, 0.1) is 19.8 Å². The third kappa shape index (κ3) is 4.41. The Balaban J connectivity index is 1.78. The number of pyridine rings is 1. The van der Waals surface area contributed by atoms with Gasteiger partial charge < -0.3 is 9.88 Å². The lowest BCUT2D eigenvalue weighted by Gasteiger charge is -2.32. The number of alkyl halides is 3. The van der Waals surface area contributed by atoms with Crippen LogP contribution in [0.25, 0.3) is 0 Å². The van der Waals surface area contributed by atoms with E-state index in [0.29, 0.717) is 30.6 Å². The van der Waals surface area contributed by atoms with Crippen LogP contribution in [0.4, 0.5) is 13.2 Å². The third-order valence-electron chi connectivity index (χ3n) is 5.16. The van der Waals surface area contributed by atoms with Crippen molar-refractivity contribution >= 4 is 11.7 Å². The number of aromatic amines is 1. The van der Waals surface area contributed by atoms with Crippen LogP contribution in [0.3, 0.4) is 0 Å². The largest absolute Gasteiger partial charge is 0.416 e. The van der Waals surface area contributed by atoms with Crippen LogP contribution in [0.15, 0.2) is 35.1 Å². The fourth-order valence-corrected chi connectivity index (χ4v) is 3.71. The lowest BCUT2D eigenvalue weighted by Crippen LogP contribution is -2.44. The molecule has 1 atom stereocenters. The summed E-state index contributed by atoms with van der Waals surface area (Å²) in [6.07, 6.45) is -3.35. The molecule has 0 radical (unpaired) electrons. The van der Waals surface area contributed by atoms with Crippen LogP contribution in [0.1, 0.15) is 50.4 Å². The van der Waals surface area contributed by atoms with Crippen molar-refractivity contribution in [1.82, 2.24) is 9.88 Å². The van der Waals surface area contributed by atoms with Gasteiger partial charge in [-0.05, 0) is 50.5 Å². The number of hydrogen-bond acceptors (Lipinski definition) is 3. The van der Waals surface area contributed by atoms with Crippen molar-refractivity contribution in [3.05, 3.63) is 68.6 Å². The number of piperidine rings is 1. The summed E-state index contributed by atoms with van der Waals surface area (Å²) < 4.78 is 38.1. The van der Waals surface area contributed by atoms with Gasteiger partial charge in [-0.3, -0.25) is 14.4 Å². The number of nitrogens with one attached hydrogen (secondary N) is 1. The molecule has 1 fully saturated rings. The summed E-state index contributed by atoms with van der Waals surface area (Å²) >= 11 is 0. The van der Waals surface area contributed by atoms with Crippen molar-refractivity contribution in [1.29, 1.82) is 0 Å². The minimum absolute atomic E-state index is 0.0539. The van der Waals surface area contributed by atoms with E-state index < -0.39 is 29.1 Å². The molecule has 5 nitrogen and oxygen atoms in total. The Morgan fingerprint density at radius 1 is 1.14 bits per heavy atom. The second-order valence-electron chi connectivity index (χ2n) is 7.37. The molecule has 1 amide bonds. The Morgan fingerprint density at radius 3 is 2.38 bits per heavy atom. The monoisotopic (exact) mass is 406 g/mol. The molecule has 1 N–H and O–H groups in total. The van der Waals surface area contributed by atoms with E-state index >= 15 is 0 Å². The number of rotatable bonds is 3. The SMILES string of the molecule is Cc1cc(C)c(C(=O)N2CCC[C@@H](C(=O)c3ccc(C(F)(F)F)cc3)C2)c(=O)[nH]1. The topological polar surface area (TPSA) is 70.2 Å². The van der Waals surface area contributed by atoms with E-state index in [0.717, 1.165) is 12.1 Å². The van der Waals surface area contributed by atoms with Crippen molar-refractivity contribution in [2.75, 3.05) is 13.1 Å². The average Bonchev–Trinajstić information content (AvgIpc) is 2.66. The summed E-state index contributed by atoms with van der Waals surface area (Å²) in [5, 5.41) is 0. The normalized spacial score (nSPS) is 17.3. The predicted octanol–water partition coefficient (Wildman–Crippen LogP) is 3.75. The molecule has 2 aromatic rings. The Bertz CT molecular complexity index is 994. The molecule has 0 saturated carbocycles. The lowest BCUT2D eigenvalue weighted by molar-refractivity contribution is -0.137. The molecule has 1 aliphatic rings. The first-order valence-corrected chi connectivity index (χ1v) is 9.29. The van der Waals surface area contributed by atoms with Gasteiger partial charge in [0.2, 0.25) is 0 Å². The number of halogens is 3. The van der Waals surface area contributed by atoms with E-state index in [1.807, 2.05) is 0 Å². The number of aromatic nitrogens is 1. The molecule has 0 spiro atoms. The van der Waals surface area contributed by atoms with Crippen molar-refractivity contribution < 1.29 is 22.8 Å². The Hall–Kier alpha value is -2.90. The summed E-state index contributed by atoms with van der Waals surface area (Å²) in [6, 6.07) is 5.81. The number of ketones is 1. The van der Waals surface area contributed by atoms with Crippen molar-refractivity contribution in [3.8, 4) is 0 Å². The number of H-pyrrole nitrogens is 1. The van der Waals surface area contributed by atoms with E-state index in [2.05, 4.69) is 4.98 Å². The molecule has 2 heterocycles. The van der Waals surface area contributed by atoms with Gasteiger partial charge in [-0.15, -0.1) is 0 Å². The summed E-state index contributed by atoms with van der Waals surface area (Å²) in [4.78, 5) is 42.0. The number of nitrogens with zero attached hydrogens (tertiary/aromatic N) is 1. The minimum Gasteiger partial charge on any atom is -0.338 e. The van der Waals surface area contributed by atoms with Crippen molar-refractivity contribution in [2.45, 2.75) is 32.9 Å². The maximum Gasteiger partial charge on any atom is 0.416 e. The third-order valence-corrected chi connectivity index (χ3v) is 5.16. The number of likely N-dealkylation sites (tertiary alicyclic amines) is 1. The van der Waals surface area contributed by atoms with Crippen LogP contribution in [0.2, 0.25) is 0 Å². The molecule has 1 saturated heterocycles. The summed E-state index contributed by atoms with van der Waals surface area (Å²) in [7, 11) is 0. The van der Waals surface area contributed by atoms with Crippen molar-refractivity contribution in [3.63, 3.8) is 0 Å². The highest BCUT2D eigenvalue weighted by Crippen LogP contribution is 2.30. The number of Topliss-reactive ketones (excluding diaryl/α,β-unsaturated/α-hetero) is 1. The van der Waals surface area contributed by atoms with Gasteiger partial charge in [0.05, 0.1) is 5.56 Å². The molecular formula is C21H21F3N2O3. The van der Waals surface area contributed by atoms with Gasteiger partial charge in [0, 0.05) is 30.3 Å². The molecule has 0 aliphatic carbocycles. The second-order valence-corrected chi connectivity index (χ2v) is 7.37. The van der Waals surface area contributed by atoms with E-state index in [-0.39, 0.29) is 23.5 Å². The van der Waals surface area contributed by atoms with Gasteiger partial charge in [0.25, 0.3) is 11.5 Å². The van der Waals surface area contributed by atoms with E-state index in [1.54, 1.807) is 19.9 Å². The lowest BCUT2D eigenvalue weighted by atomic mass is 9.89. The zero-order valence-electron chi connectivity index (χ0n) is 16.1. The van der Waals surface area contributed by atoms with Crippen LogP contribution >= 0.6 is 0 Å². The van der Waals surface area contributed by atoms with E-state index in [1.165, 1.54) is 17.0 Å². The average molecular weight is 406 g/mol. The molecule has 29 heavy (non-hydrogen) atoms. The quantitative estimate of drug-likeness (QED) is 0.790. The number of benzene rings is 1. The zero-order chi connectivity index (χ0) is 21.3. The van der Waals surface area contributed by atoms with Crippen molar-refractivity contribution in [2.24, 2.45) is 5.92 Å².